The number of hydrogen-bond donors (Lipinski definition) is 0. The number of aryl methyl sites for hydroxylation is 1. The highest BCUT2D eigenvalue weighted by Gasteiger charge is 2.08. The number of nitrogens with zero attached hydrogens (tertiary/aromatic N) is 3. The standard InChI is InChI=1S/C8H13N3O2S/c1-4-13-7(12)5-14-8-10-9-6(2)11(8)3/h4-5H2,1-3H3. The van der Waals surface area contributed by atoms with E-state index in [9.17, 15) is 4.79 Å². The lowest BCUT2D eigenvalue weighted by Crippen LogP contribution is -2.07. The van der Waals surface area contributed by atoms with Gasteiger partial charge in [-0.1, -0.05) is 11.8 Å². The molecule has 0 unspecified atom stereocenters. The third-order valence-electron chi connectivity index (χ3n) is 1.68. The van der Waals surface area contributed by atoms with E-state index < -0.39 is 0 Å². The van der Waals surface area contributed by atoms with Crippen molar-refractivity contribution >= 4 is 17.7 Å². The molecule has 0 atom stereocenters. The molecule has 1 heterocycles. The summed E-state index contributed by atoms with van der Waals surface area (Å²) in [5.41, 5.74) is 0. The van der Waals surface area contributed by atoms with Crippen molar-refractivity contribution in [2.24, 2.45) is 7.05 Å². The third kappa shape index (κ3) is 2.73. The summed E-state index contributed by atoms with van der Waals surface area (Å²) in [6, 6.07) is 0. The van der Waals surface area contributed by atoms with Crippen molar-refractivity contribution in [2.45, 2.75) is 19.0 Å². The Balaban J connectivity index is 2.46. The van der Waals surface area contributed by atoms with Crippen LogP contribution in [0.4, 0.5) is 0 Å². The van der Waals surface area contributed by atoms with E-state index in [0.717, 1.165) is 11.0 Å². The highest BCUT2D eigenvalue weighted by Crippen LogP contribution is 2.14. The van der Waals surface area contributed by atoms with E-state index in [1.807, 2.05) is 18.5 Å². The first kappa shape index (κ1) is 11.0. The van der Waals surface area contributed by atoms with E-state index in [1.54, 1.807) is 6.92 Å². The first-order chi connectivity index (χ1) is 6.65. The number of carbonyl (C=O) groups is 1. The molecule has 0 saturated carbocycles. The first-order valence-corrected chi connectivity index (χ1v) is 5.28. The van der Waals surface area contributed by atoms with Crippen molar-refractivity contribution in [1.82, 2.24) is 14.8 Å². The topological polar surface area (TPSA) is 57.0 Å². The van der Waals surface area contributed by atoms with E-state index >= 15 is 0 Å². The van der Waals surface area contributed by atoms with Crippen LogP contribution in [0.5, 0.6) is 0 Å². The van der Waals surface area contributed by atoms with Crippen LogP contribution in [-0.2, 0) is 16.6 Å². The third-order valence-corrected chi connectivity index (χ3v) is 2.67. The molecule has 0 fully saturated rings. The molecule has 0 aromatic carbocycles. The van der Waals surface area contributed by atoms with Gasteiger partial charge in [-0.25, -0.2) is 0 Å². The second kappa shape index (κ2) is 4.99. The molecule has 0 aliphatic carbocycles. The highest BCUT2D eigenvalue weighted by atomic mass is 32.2. The summed E-state index contributed by atoms with van der Waals surface area (Å²) in [5, 5.41) is 8.53. The van der Waals surface area contributed by atoms with Gasteiger partial charge in [0.25, 0.3) is 0 Å². The Morgan fingerprint density at radius 2 is 2.29 bits per heavy atom. The molecule has 0 aliphatic heterocycles. The Morgan fingerprint density at radius 1 is 1.57 bits per heavy atom. The minimum Gasteiger partial charge on any atom is -0.465 e. The molecule has 0 bridgehead atoms. The van der Waals surface area contributed by atoms with E-state index in [1.165, 1.54) is 11.8 Å². The summed E-state index contributed by atoms with van der Waals surface area (Å²) in [6.45, 7) is 4.06. The molecule has 78 valence electrons. The predicted molar refractivity (Wildman–Crippen MR) is 53.1 cm³/mol. The van der Waals surface area contributed by atoms with Gasteiger partial charge in [-0.2, -0.15) is 0 Å². The number of aromatic nitrogens is 3. The van der Waals surface area contributed by atoms with E-state index in [2.05, 4.69) is 10.2 Å². The second-order valence-corrected chi connectivity index (χ2v) is 3.62. The second-order valence-electron chi connectivity index (χ2n) is 2.68. The molecule has 1 aromatic rings. The van der Waals surface area contributed by atoms with Crippen LogP contribution in [0.1, 0.15) is 12.7 Å². The van der Waals surface area contributed by atoms with Gasteiger partial charge in [0.1, 0.15) is 5.82 Å². The Hall–Kier alpha value is -1.04. The van der Waals surface area contributed by atoms with Crippen LogP contribution in [0.2, 0.25) is 0 Å². The van der Waals surface area contributed by atoms with Gasteiger partial charge in [0.2, 0.25) is 0 Å². The smallest absolute Gasteiger partial charge is 0.316 e. The molecule has 14 heavy (non-hydrogen) atoms. The fourth-order valence-electron chi connectivity index (χ4n) is 0.840. The van der Waals surface area contributed by atoms with Gasteiger partial charge in [-0.15, -0.1) is 10.2 Å². The van der Waals surface area contributed by atoms with Gasteiger partial charge in [0.15, 0.2) is 5.16 Å². The number of thioether (sulfide) groups is 1. The summed E-state index contributed by atoms with van der Waals surface area (Å²) in [5.74, 6) is 0.884. The van der Waals surface area contributed by atoms with Crippen LogP contribution < -0.4 is 0 Å². The van der Waals surface area contributed by atoms with Crippen LogP contribution in [0, 0.1) is 6.92 Å². The lowest BCUT2D eigenvalue weighted by atomic mass is 10.7. The van der Waals surface area contributed by atoms with Gasteiger partial charge < -0.3 is 9.30 Å². The van der Waals surface area contributed by atoms with Crippen molar-refractivity contribution in [3.63, 3.8) is 0 Å². The maximum atomic E-state index is 11.0. The van der Waals surface area contributed by atoms with E-state index in [0.29, 0.717) is 6.61 Å². The van der Waals surface area contributed by atoms with Crippen LogP contribution in [0.3, 0.4) is 0 Å². The number of ether oxygens (including phenoxy) is 1. The maximum absolute atomic E-state index is 11.0. The summed E-state index contributed by atoms with van der Waals surface area (Å²) < 4.78 is 6.63. The molecule has 0 saturated heterocycles. The minimum absolute atomic E-state index is 0.224. The summed E-state index contributed by atoms with van der Waals surface area (Å²) >= 11 is 1.33. The van der Waals surface area contributed by atoms with Crippen LogP contribution in [-0.4, -0.2) is 33.1 Å². The summed E-state index contributed by atoms with van der Waals surface area (Å²) in [7, 11) is 1.86. The molecule has 5 nitrogen and oxygen atoms in total. The maximum Gasteiger partial charge on any atom is 0.316 e. The lowest BCUT2D eigenvalue weighted by Gasteiger charge is -2.01. The van der Waals surface area contributed by atoms with Crippen molar-refractivity contribution in [3.8, 4) is 0 Å². The largest absolute Gasteiger partial charge is 0.465 e. The van der Waals surface area contributed by atoms with Crippen molar-refractivity contribution in [2.75, 3.05) is 12.4 Å². The Morgan fingerprint density at radius 3 is 2.79 bits per heavy atom. The zero-order valence-electron chi connectivity index (χ0n) is 8.48. The zero-order chi connectivity index (χ0) is 10.6. The molecule has 0 amide bonds. The number of rotatable bonds is 4. The number of esters is 1. The quantitative estimate of drug-likeness (QED) is 0.548. The monoisotopic (exact) mass is 215 g/mol. The Kier molecular flexibility index (Phi) is 3.94. The fourth-order valence-corrected chi connectivity index (χ4v) is 1.59. The molecule has 1 aromatic heterocycles. The minimum atomic E-state index is -0.224. The van der Waals surface area contributed by atoms with Gasteiger partial charge in [-0.3, -0.25) is 4.79 Å². The SMILES string of the molecule is CCOC(=O)CSc1nnc(C)n1C. The van der Waals surface area contributed by atoms with Gasteiger partial charge >= 0.3 is 5.97 Å². The lowest BCUT2D eigenvalue weighted by molar-refractivity contribution is -0.139. The molecule has 0 N–H and O–H groups in total. The molecule has 1 rings (SSSR count). The Bertz CT molecular complexity index is 324. The van der Waals surface area contributed by atoms with Gasteiger partial charge in [-0.05, 0) is 13.8 Å². The van der Waals surface area contributed by atoms with E-state index in [-0.39, 0.29) is 11.7 Å². The van der Waals surface area contributed by atoms with Crippen molar-refractivity contribution in [3.05, 3.63) is 5.82 Å². The molecule has 6 heteroatoms. The normalized spacial score (nSPS) is 10.2. The van der Waals surface area contributed by atoms with Gasteiger partial charge in [0.05, 0.1) is 12.4 Å². The van der Waals surface area contributed by atoms with Crippen LogP contribution in [0.15, 0.2) is 5.16 Å². The predicted octanol–water partition coefficient (Wildman–Crippen LogP) is 0.779. The van der Waals surface area contributed by atoms with Crippen LogP contribution >= 0.6 is 11.8 Å². The molecular formula is C8H13N3O2S. The summed E-state index contributed by atoms with van der Waals surface area (Å²) in [4.78, 5) is 11.0. The average Bonchev–Trinajstić information content (AvgIpc) is 2.46. The van der Waals surface area contributed by atoms with Crippen molar-refractivity contribution < 1.29 is 9.53 Å². The van der Waals surface area contributed by atoms with Crippen molar-refractivity contribution in [1.29, 1.82) is 0 Å². The Labute approximate surface area is 86.8 Å². The molecule has 0 radical (unpaired) electrons. The number of hydrogen-bond acceptors (Lipinski definition) is 5. The van der Waals surface area contributed by atoms with Gasteiger partial charge in [0, 0.05) is 7.05 Å². The average molecular weight is 215 g/mol. The molecule has 0 spiro atoms. The first-order valence-electron chi connectivity index (χ1n) is 4.29. The molecule has 0 aliphatic rings. The van der Waals surface area contributed by atoms with E-state index in [4.69, 9.17) is 4.74 Å². The number of carbonyl (C=O) groups excluding carboxylic acids is 1. The van der Waals surface area contributed by atoms with Crippen LogP contribution in [0.25, 0.3) is 0 Å². The molecular weight excluding hydrogens is 202 g/mol. The zero-order valence-corrected chi connectivity index (χ0v) is 9.30. The fraction of sp³-hybridized carbons (Fsp3) is 0.625. The highest BCUT2D eigenvalue weighted by molar-refractivity contribution is 7.99. The summed E-state index contributed by atoms with van der Waals surface area (Å²) in [6.07, 6.45) is 0.